The number of carbonyl (C=O) groups excluding carboxylic acids is 1. The Labute approximate surface area is 160 Å². The monoisotopic (exact) mass is 366 g/mol. The Balaban J connectivity index is 1.39. The Kier molecular flexibility index (Phi) is 5.18. The number of ether oxygens (including phenoxy) is 1. The van der Waals surface area contributed by atoms with Crippen molar-refractivity contribution in [3.05, 3.63) is 59.7 Å². The second kappa shape index (κ2) is 7.74. The van der Waals surface area contributed by atoms with Gasteiger partial charge in [-0.2, -0.15) is 0 Å². The molecule has 2 aliphatic rings. The quantitative estimate of drug-likeness (QED) is 0.832. The highest BCUT2D eigenvalue weighted by molar-refractivity contribution is 5.94. The highest BCUT2D eigenvalue weighted by Crippen LogP contribution is 2.39. The Morgan fingerprint density at radius 3 is 2.52 bits per heavy atom. The Morgan fingerprint density at radius 2 is 1.89 bits per heavy atom. The Hall–Kier alpha value is -2.31. The molecule has 0 N–H and O–H groups in total. The van der Waals surface area contributed by atoms with E-state index in [0.717, 1.165) is 38.2 Å². The van der Waals surface area contributed by atoms with Gasteiger partial charge >= 0.3 is 0 Å². The smallest absolute Gasteiger partial charge is 0.255 e. The van der Waals surface area contributed by atoms with Crippen molar-refractivity contribution in [2.75, 3.05) is 26.7 Å². The summed E-state index contributed by atoms with van der Waals surface area (Å²) in [5.41, 5.74) is 2.86. The van der Waals surface area contributed by atoms with Gasteiger partial charge in [0.15, 0.2) is 0 Å². The third-order valence-corrected chi connectivity index (χ3v) is 5.83. The lowest BCUT2D eigenvalue weighted by atomic mass is 9.87. The predicted octanol–water partition coefficient (Wildman–Crippen LogP) is 2.46. The van der Waals surface area contributed by atoms with Crippen LogP contribution in [0.15, 0.2) is 42.9 Å². The standard InChI is InChI=1S/C21H26N4O2/c1-15-3-4-17(13-23-15)21(26)24-11-7-18(8-12-24)25-14-19(27-2)20(25)16-5-9-22-10-6-16/h3-6,9-10,13,18-20H,7-8,11-12,14H2,1-2H3/t19-,20-/m0/s1. The van der Waals surface area contributed by atoms with E-state index in [0.29, 0.717) is 11.6 Å². The summed E-state index contributed by atoms with van der Waals surface area (Å²) in [6, 6.07) is 8.68. The first-order valence-electron chi connectivity index (χ1n) is 9.58. The molecule has 6 nitrogen and oxygen atoms in total. The summed E-state index contributed by atoms with van der Waals surface area (Å²) < 4.78 is 5.67. The molecule has 4 rings (SSSR count). The van der Waals surface area contributed by atoms with E-state index in [2.05, 4.69) is 27.0 Å². The zero-order valence-electron chi connectivity index (χ0n) is 15.9. The number of hydrogen-bond donors (Lipinski definition) is 0. The third-order valence-electron chi connectivity index (χ3n) is 5.83. The van der Waals surface area contributed by atoms with Crippen molar-refractivity contribution in [2.45, 2.75) is 38.0 Å². The molecule has 2 aliphatic heterocycles. The normalized spacial score (nSPS) is 23.9. The van der Waals surface area contributed by atoms with E-state index in [1.54, 1.807) is 13.3 Å². The van der Waals surface area contributed by atoms with Crippen LogP contribution in [0.25, 0.3) is 0 Å². The molecule has 142 valence electrons. The lowest BCUT2D eigenvalue weighted by Gasteiger charge is -2.53. The van der Waals surface area contributed by atoms with E-state index in [4.69, 9.17) is 4.74 Å². The van der Waals surface area contributed by atoms with Gasteiger partial charge in [-0.15, -0.1) is 0 Å². The van der Waals surface area contributed by atoms with E-state index in [1.165, 1.54) is 5.56 Å². The average molecular weight is 366 g/mol. The van der Waals surface area contributed by atoms with Crippen LogP contribution in [0.5, 0.6) is 0 Å². The topological polar surface area (TPSA) is 58.6 Å². The Morgan fingerprint density at radius 1 is 1.15 bits per heavy atom. The van der Waals surface area contributed by atoms with Gasteiger partial charge in [0.1, 0.15) is 0 Å². The van der Waals surface area contributed by atoms with Crippen LogP contribution >= 0.6 is 0 Å². The second-order valence-electron chi connectivity index (χ2n) is 7.41. The van der Waals surface area contributed by atoms with Crippen LogP contribution in [-0.2, 0) is 4.74 Å². The minimum Gasteiger partial charge on any atom is -0.378 e. The van der Waals surface area contributed by atoms with E-state index >= 15 is 0 Å². The number of aromatic nitrogens is 2. The minimum atomic E-state index is 0.0880. The first-order chi connectivity index (χ1) is 13.2. The van der Waals surface area contributed by atoms with Crippen LogP contribution in [0.4, 0.5) is 0 Å². The number of hydrogen-bond acceptors (Lipinski definition) is 5. The third kappa shape index (κ3) is 3.59. The largest absolute Gasteiger partial charge is 0.378 e. The molecule has 4 heterocycles. The summed E-state index contributed by atoms with van der Waals surface area (Å²) in [4.78, 5) is 25.6. The molecule has 1 amide bonds. The molecule has 0 spiro atoms. The SMILES string of the molecule is CO[C@H]1CN(C2CCN(C(=O)c3ccc(C)nc3)CC2)[C@H]1c1ccncc1. The number of amides is 1. The van der Waals surface area contributed by atoms with Crippen molar-refractivity contribution >= 4 is 5.91 Å². The molecule has 2 atom stereocenters. The highest BCUT2D eigenvalue weighted by atomic mass is 16.5. The molecule has 2 fully saturated rings. The number of carbonyl (C=O) groups is 1. The lowest BCUT2D eigenvalue weighted by Crippen LogP contribution is -2.60. The summed E-state index contributed by atoms with van der Waals surface area (Å²) in [6.07, 6.45) is 7.57. The van der Waals surface area contributed by atoms with Crippen molar-refractivity contribution in [2.24, 2.45) is 0 Å². The highest BCUT2D eigenvalue weighted by Gasteiger charge is 2.44. The van der Waals surface area contributed by atoms with Crippen LogP contribution in [0.1, 0.15) is 40.5 Å². The molecular formula is C21H26N4O2. The van der Waals surface area contributed by atoms with Gasteiger partial charge < -0.3 is 9.64 Å². The van der Waals surface area contributed by atoms with Gasteiger partial charge in [0, 0.05) is 57.1 Å². The van der Waals surface area contributed by atoms with Crippen LogP contribution in [0.3, 0.4) is 0 Å². The van der Waals surface area contributed by atoms with Crippen molar-refractivity contribution in [3.8, 4) is 0 Å². The molecule has 0 bridgehead atoms. The molecule has 0 aromatic carbocycles. The lowest BCUT2D eigenvalue weighted by molar-refractivity contribution is -0.115. The number of rotatable bonds is 4. The predicted molar refractivity (Wildman–Crippen MR) is 102 cm³/mol. The second-order valence-corrected chi connectivity index (χ2v) is 7.41. The van der Waals surface area contributed by atoms with Crippen LogP contribution in [0, 0.1) is 6.92 Å². The molecule has 0 saturated carbocycles. The van der Waals surface area contributed by atoms with Gasteiger partial charge in [0.05, 0.1) is 17.7 Å². The molecule has 0 unspecified atom stereocenters. The van der Waals surface area contributed by atoms with Gasteiger partial charge in [-0.05, 0) is 49.6 Å². The van der Waals surface area contributed by atoms with E-state index in [1.807, 2.05) is 36.4 Å². The zero-order chi connectivity index (χ0) is 18.8. The summed E-state index contributed by atoms with van der Waals surface area (Å²) in [5, 5.41) is 0. The van der Waals surface area contributed by atoms with Gasteiger partial charge in [0.25, 0.3) is 5.91 Å². The maximum absolute atomic E-state index is 12.7. The van der Waals surface area contributed by atoms with Crippen LogP contribution in [-0.4, -0.2) is 64.6 Å². The van der Waals surface area contributed by atoms with Gasteiger partial charge in [-0.3, -0.25) is 19.7 Å². The number of likely N-dealkylation sites (tertiary alicyclic amines) is 2. The fraction of sp³-hybridized carbons (Fsp3) is 0.476. The molecule has 2 aromatic heterocycles. The number of aryl methyl sites for hydroxylation is 1. The maximum atomic E-state index is 12.7. The molecular weight excluding hydrogens is 340 g/mol. The summed E-state index contributed by atoms with van der Waals surface area (Å²) in [5.74, 6) is 0.0880. The van der Waals surface area contributed by atoms with E-state index in [-0.39, 0.29) is 18.1 Å². The summed E-state index contributed by atoms with van der Waals surface area (Å²) >= 11 is 0. The molecule has 2 saturated heterocycles. The van der Waals surface area contributed by atoms with Crippen molar-refractivity contribution in [3.63, 3.8) is 0 Å². The average Bonchev–Trinajstić information content (AvgIpc) is 2.69. The number of piperidine rings is 1. The molecule has 0 radical (unpaired) electrons. The first-order valence-corrected chi connectivity index (χ1v) is 9.58. The maximum Gasteiger partial charge on any atom is 0.255 e. The summed E-state index contributed by atoms with van der Waals surface area (Å²) in [6.45, 7) is 4.45. The number of pyridine rings is 2. The summed E-state index contributed by atoms with van der Waals surface area (Å²) in [7, 11) is 1.78. The van der Waals surface area contributed by atoms with E-state index in [9.17, 15) is 4.79 Å². The van der Waals surface area contributed by atoms with Crippen molar-refractivity contribution < 1.29 is 9.53 Å². The van der Waals surface area contributed by atoms with Gasteiger partial charge in [-0.1, -0.05) is 0 Å². The van der Waals surface area contributed by atoms with E-state index < -0.39 is 0 Å². The Bertz CT molecular complexity index is 773. The first kappa shape index (κ1) is 18.1. The van der Waals surface area contributed by atoms with Gasteiger partial charge in [0.2, 0.25) is 0 Å². The van der Waals surface area contributed by atoms with Crippen LogP contribution < -0.4 is 0 Å². The molecule has 0 aliphatic carbocycles. The van der Waals surface area contributed by atoms with Crippen molar-refractivity contribution in [1.29, 1.82) is 0 Å². The molecule has 27 heavy (non-hydrogen) atoms. The minimum absolute atomic E-state index is 0.0880. The van der Waals surface area contributed by atoms with Crippen molar-refractivity contribution in [1.82, 2.24) is 19.8 Å². The number of methoxy groups -OCH3 is 1. The molecule has 6 heteroatoms. The van der Waals surface area contributed by atoms with Gasteiger partial charge in [-0.25, -0.2) is 0 Å². The van der Waals surface area contributed by atoms with Crippen LogP contribution in [0.2, 0.25) is 0 Å². The fourth-order valence-corrected chi connectivity index (χ4v) is 4.22. The molecule has 2 aromatic rings. The fourth-order valence-electron chi connectivity index (χ4n) is 4.22. The zero-order valence-corrected chi connectivity index (χ0v) is 15.9. The number of nitrogens with zero attached hydrogens (tertiary/aromatic N) is 4.